The van der Waals surface area contributed by atoms with E-state index in [0.717, 1.165) is 0 Å². The Kier molecular flexibility index (Phi) is 5.44. The molecule has 20 heavy (non-hydrogen) atoms. The summed E-state index contributed by atoms with van der Waals surface area (Å²) in [6.45, 7) is 1.51. The fourth-order valence-corrected chi connectivity index (χ4v) is 2.13. The van der Waals surface area contributed by atoms with E-state index in [1.54, 1.807) is 24.3 Å². The SMILES string of the molecule is CC(CCCC(F)(F)F)(Nc1ccccc1Br)C(N)=O. The average Bonchev–Trinajstić information content (AvgIpc) is 2.30. The number of rotatable bonds is 6. The molecule has 0 saturated heterocycles. The van der Waals surface area contributed by atoms with Gasteiger partial charge in [-0.2, -0.15) is 13.2 Å². The number of para-hydroxylation sites is 1. The van der Waals surface area contributed by atoms with E-state index in [2.05, 4.69) is 21.2 Å². The monoisotopic (exact) mass is 352 g/mol. The third kappa shape index (κ3) is 5.03. The molecule has 1 aromatic rings. The Morgan fingerprint density at radius 2 is 1.90 bits per heavy atom. The highest BCUT2D eigenvalue weighted by Crippen LogP contribution is 2.29. The van der Waals surface area contributed by atoms with E-state index in [9.17, 15) is 18.0 Å². The summed E-state index contributed by atoms with van der Waals surface area (Å²) in [4.78, 5) is 11.6. The Labute approximate surface area is 123 Å². The molecule has 0 fully saturated rings. The van der Waals surface area contributed by atoms with Gasteiger partial charge in [0.15, 0.2) is 0 Å². The van der Waals surface area contributed by atoms with Gasteiger partial charge in [-0.25, -0.2) is 0 Å². The number of hydrogen-bond acceptors (Lipinski definition) is 2. The Morgan fingerprint density at radius 1 is 1.30 bits per heavy atom. The van der Waals surface area contributed by atoms with E-state index >= 15 is 0 Å². The van der Waals surface area contributed by atoms with Gasteiger partial charge in [0.2, 0.25) is 5.91 Å². The van der Waals surface area contributed by atoms with Crippen LogP contribution in [0.15, 0.2) is 28.7 Å². The second-order valence-electron chi connectivity index (χ2n) is 4.77. The molecule has 7 heteroatoms. The van der Waals surface area contributed by atoms with Gasteiger partial charge in [-0.15, -0.1) is 0 Å². The molecule has 0 saturated carbocycles. The summed E-state index contributed by atoms with van der Waals surface area (Å²) in [7, 11) is 0. The number of halogens is 4. The molecule has 0 heterocycles. The molecule has 0 spiro atoms. The molecule has 1 unspecified atom stereocenters. The molecule has 1 atom stereocenters. The van der Waals surface area contributed by atoms with Crippen molar-refractivity contribution in [2.75, 3.05) is 5.32 Å². The van der Waals surface area contributed by atoms with Gasteiger partial charge in [0.05, 0.1) is 0 Å². The van der Waals surface area contributed by atoms with Crippen LogP contribution in [0.4, 0.5) is 18.9 Å². The lowest BCUT2D eigenvalue weighted by Gasteiger charge is -2.29. The molecular formula is C13H16BrF3N2O. The van der Waals surface area contributed by atoms with Crippen LogP contribution < -0.4 is 11.1 Å². The van der Waals surface area contributed by atoms with Gasteiger partial charge in [-0.3, -0.25) is 4.79 Å². The van der Waals surface area contributed by atoms with Gasteiger partial charge in [0, 0.05) is 16.6 Å². The standard InChI is InChI=1S/C13H16BrF3N2O/c1-12(11(18)20,7-4-8-13(15,16)17)19-10-6-3-2-5-9(10)14/h2-3,5-6,19H,4,7-8H2,1H3,(H2,18,20). The lowest BCUT2D eigenvalue weighted by molar-refractivity contribution is -0.137. The predicted molar refractivity (Wildman–Crippen MR) is 75.3 cm³/mol. The first kappa shape index (κ1) is 16.8. The third-order valence-electron chi connectivity index (χ3n) is 2.97. The zero-order chi connectivity index (χ0) is 15.4. The van der Waals surface area contributed by atoms with Gasteiger partial charge in [0.25, 0.3) is 0 Å². The zero-order valence-electron chi connectivity index (χ0n) is 10.9. The Balaban J connectivity index is 2.77. The Hall–Kier alpha value is -1.24. The van der Waals surface area contributed by atoms with Gasteiger partial charge in [-0.05, 0) is 47.8 Å². The number of carbonyl (C=O) groups is 1. The van der Waals surface area contributed by atoms with E-state index in [-0.39, 0.29) is 12.8 Å². The number of primary amides is 1. The largest absolute Gasteiger partial charge is 0.389 e. The highest BCUT2D eigenvalue weighted by molar-refractivity contribution is 9.10. The average molecular weight is 353 g/mol. The van der Waals surface area contributed by atoms with Crippen LogP contribution in [0, 0.1) is 0 Å². The van der Waals surface area contributed by atoms with E-state index in [1.807, 2.05) is 0 Å². The molecule has 3 N–H and O–H groups in total. The van der Waals surface area contributed by atoms with Crippen LogP contribution in [0.2, 0.25) is 0 Å². The van der Waals surface area contributed by atoms with Crippen molar-refractivity contribution in [3.05, 3.63) is 28.7 Å². The summed E-state index contributed by atoms with van der Waals surface area (Å²) >= 11 is 3.30. The summed E-state index contributed by atoms with van der Waals surface area (Å²) in [5.74, 6) is -0.685. The minimum Gasteiger partial charge on any atom is -0.371 e. The fraction of sp³-hybridized carbons (Fsp3) is 0.462. The summed E-state index contributed by atoms with van der Waals surface area (Å²) in [6.07, 6.45) is -5.33. The van der Waals surface area contributed by atoms with Crippen LogP contribution in [-0.4, -0.2) is 17.6 Å². The second-order valence-corrected chi connectivity index (χ2v) is 5.62. The minimum absolute atomic E-state index is 0.00315. The number of benzene rings is 1. The molecule has 0 bridgehead atoms. The molecule has 0 aliphatic heterocycles. The maximum atomic E-state index is 12.2. The predicted octanol–water partition coefficient (Wildman–Crippen LogP) is 3.84. The molecule has 0 aliphatic carbocycles. The topological polar surface area (TPSA) is 55.1 Å². The van der Waals surface area contributed by atoms with Gasteiger partial charge >= 0.3 is 6.18 Å². The van der Waals surface area contributed by atoms with Crippen molar-refractivity contribution in [3.63, 3.8) is 0 Å². The van der Waals surface area contributed by atoms with Gasteiger partial charge in [0.1, 0.15) is 5.54 Å². The lowest BCUT2D eigenvalue weighted by Crippen LogP contribution is -2.48. The fourth-order valence-electron chi connectivity index (χ4n) is 1.75. The van der Waals surface area contributed by atoms with Gasteiger partial charge < -0.3 is 11.1 Å². The van der Waals surface area contributed by atoms with E-state index in [0.29, 0.717) is 10.2 Å². The maximum absolute atomic E-state index is 12.2. The van der Waals surface area contributed by atoms with Crippen LogP contribution in [0.5, 0.6) is 0 Å². The van der Waals surface area contributed by atoms with E-state index in [4.69, 9.17) is 5.73 Å². The summed E-state index contributed by atoms with van der Waals surface area (Å²) in [5.41, 5.74) is 4.71. The molecule has 112 valence electrons. The number of anilines is 1. The molecular weight excluding hydrogens is 337 g/mol. The van der Waals surface area contributed by atoms with Crippen LogP contribution in [0.3, 0.4) is 0 Å². The van der Waals surface area contributed by atoms with Crippen LogP contribution >= 0.6 is 15.9 Å². The number of nitrogens with two attached hydrogens (primary N) is 1. The molecule has 3 nitrogen and oxygen atoms in total. The minimum atomic E-state index is -4.23. The number of nitrogens with one attached hydrogen (secondary N) is 1. The van der Waals surface area contributed by atoms with Crippen molar-refractivity contribution in [1.29, 1.82) is 0 Å². The molecule has 1 rings (SSSR count). The maximum Gasteiger partial charge on any atom is 0.389 e. The zero-order valence-corrected chi connectivity index (χ0v) is 12.5. The Bertz CT molecular complexity index is 479. The lowest BCUT2D eigenvalue weighted by atomic mass is 9.93. The molecule has 0 radical (unpaired) electrons. The number of alkyl halides is 3. The molecule has 1 aromatic carbocycles. The van der Waals surface area contributed by atoms with Crippen molar-refractivity contribution in [2.24, 2.45) is 5.73 Å². The first-order valence-corrected chi connectivity index (χ1v) is 6.83. The first-order valence-electron chi connectivity index (χ1n) is 6.03. The summed E-state index contributed by atoms with van der Waals surface area (Å²) in [6, 6.07) is 7.03. The van der Waals surface area contributed by atoms with Crippen molar-refractivity contribution < 1.29 is 18.0 Å². The van der Waals surface area contributed by atoms with Crippen molar-refractivity contribution in [1.82, 2.24) is 0 Å². The first-order chi connectivity index (χ1) is 9.14. The van der Waals surface area contributed by atoms with E-state index < -0.39 is 24.0 Å². The van der Waals surface area contributed by atoms with Crippen LogP contribution in [0.25, 0.3) is 0 Å². The molecule has 1 amide bonds. The summed E-state index contributed by atoms with van der Waals surface area (Å²) in [5, 5.41) is 2.92. The third-order valence-corrected chi connectivity index (χ3v) is 3.66. The highest BCUT2D eigenvalue weighted by atomic mass is 79.9. The Morgan fingerprint density at radius 3 is 2.40 bits per heavy atom. The van der Waals surface area contributed by atoms with Crippen molar-refractivity contribution in [2.45, 2.75) is 37.9 Å². The van der Waals surface area contributed by atoms with Gasteiger partial charge in [-0.1, -0.05) is 12.1 Å². The number of amides is 1. The van der Waals surface area contributed by atoms with Crippen LogP contribution in [-0.2, 0) is 4.79 Å². The molecule has 0 aliphatic rings. The quantitative estimate of drug-likeness (QED) is 0.817. The molecule has 0 aromatic heterocycles. The highest BCUT2D eigenvalue weighted by Gasteiger charge is 2.34. The van der Waals surface area contributed by atoms with E-state index in [1.165, 1.54) is 6.92 Å². The smallest absolute Gasteiger partial charge is 0.371 e. The normalized spacial score (nSPS) is 14.7. The van der Waals surface area contributed by atoms with Crippen molar-refractivity contribution in [3.8, 4) is 0 Å². The number of hydrogen-bond donors (Lipinski definition) is 2. The number of carbonyl (C=O) groups excluding carboxylic acids is 1. The summed E-state index contributed by atoms with van der Waals surface area (Å²) < 4.78 is 37.2. The second kappa shape index (κ2) is 6.47. The van der Waals surface area contributed by atoms with Crippen molar-refractivity contribution >= 4 is 27.5 Å². The van der Waals surface area contributed by atoms with Crippen LogP contribution in [0.1, 0.15) is 26.2 Å².